The Hall–Kier alpha value is -2.53. The predicted octanol–water partition coefficient (Wildman–Crippen LogP) is 7.24. The van der Waals surface area contributed by atoms with Gasteiger partial charge in [-0.25, -0.2) is 0 Å². The summed E-state index contributed by atoms with van der Waals surface area (Å²) in [4.78, 5) is 15.0. The topological polar surface area (TPSA) is 29.5 Å². The number of ether oxygens (including phenoxy) is 1. The van der Waals surface area contributed by atoms with Crippen molar-refractivity contribution in [1.29, 1.82) is 0 Å². The average Bonchev–Trinajstić information content (AvgIpc) is 3.07. The second kappa shape index (κ2) is 8.68. The molecule has 1 aliphatic rings. The lowest BCUT2D eigenvalue weighted by molar-refractivity contribution is -0.113. The van der Waals surface area contributed by atoms with Crippen LogP contribution in [0.3, 0.4) is 0 Å². The lowest BCUT2D eigenvalue weighted by Crippen LogP contribution is -2.25. The zero-order valence-corrected chi connectivity index (χ0v) is 19.0. The molecule has 3 nitrogen and oxygen atoms in total. The number of amides is 1. The van der Waals surface area contributed by atoms with Gasteiger partial charge in [-0.05, 0) is 63.5 Å². The molecule has 0 saturated heterocycles. The Morgan fingerprint density at radius 2 is 1.77 bits per heavy atom. The highest BCUT2D eigenvalue weighted by Gasteiger charge is 2.32. The van der Waals surface area contributed by atoms with Crippen LogP contribution in [0.4, 0.5) is 5.69 Å². The molecule has 1 heterocycles. The van der Waals surface area contributed by atoms with E-state index in [1.165, 1.54) is 0 Å². The van der Waals surface area contributed by atoms with Crippen LogP contribution in [0.1, 0.15) is 11.1 Å². The SMILES string of the molecule is COc1ccc(/C=C2/C=C(c3ccccc3)N(c3cccc(Cl)c3Cl)C2=O)cc1Br. The molecule has 4 rings (SSSR count). The lowest BCUT2D eigenvalue weighted by atomic mass is 10.1. The molecule has 0 aliphatic carbocycles. The van der Waals surface area contributed by atoms with Crippen molar-refractivity contribution >= 4 is 62.5 Å². The minimum atomic E-state index is -0.176. The molecule has 0 fully saturated rings. The first kappa shape index (κ1) is 20.7. The molecule has 150 valence electrons. The minimum absolute atomic E-state index is 0.176. The Balaban J connectivity index is 1.84. The van der Waals surface area contributed by atoms with Crippen molar-refractivity contribution in [3.8, 4) is 5.75 Å². The van der Waals surface area contributed by atoms with Gasteiger partial charge >= 0.3 is 0 Å². The Bertz CT molecular complexity index is 1190. The van der Waals surface area contributed by atoms with E-state index in [9.17, 15) is 4.79 Å². The smallest absolute Gasteiger partial charge is 0.262 e. The molecule has 3 aromatic carbocycles. The average molecular weight is 501 g/mol. The van der Waals surface area contributed by atoms with E-state index in [-0.39, 0.29) is 5.91 Å². The molecular formula is C24H16BrCl2NO2. The van der Waals surface area contributed by atoms with Crippen LogP contribution in [0.5, 0.6) is 5.75 Å². The van der Waals surface area contributed by atoms with Crippen molar-refractivity contribution in [2.45, 2.75) is 0 Å². The zero-order chi connectivity index (χ0) is 21.3. The van der Waals surface area contributed by atoms with Gasteiger partial charge < -0.3 is 4.74 Å². The highest BCUT2D eigenvalue weighted by atomic mass is 79.9. The summed E-state index contributed by atoms with van der Waals surface area (Å²) in [5.41, 5.74) is 3.60. The highest BCUT2D eigenvalue weighted by Crippen LogP contribution is 2.41. The van der Waals surface area contributed by atoms with E-state index in [2.05, 4.69) is 15.9 Å². The number of methoxy groups -OCH3 is 1. The molecule has 0 N–H and O–H groups in total. The van der Waals surface area contributed by atoms with Crippen LogP contribution in [0.25, 0.3) is 11.8 Å². The fourth-order valence-electron chi connectivity index (χ4n) is 3.29. The summed E-state index contributed by atoms with van der Waals surface area (Å²) in [5.74, 6) is 0.549. The molecule has 0 spiro atoms. The van der Waals surface area contributed by atoms with Crippen molar-refractivity contribution < 1.29 is 9.53 Å². The number of hydrogen-bond donors (Lipinski definition) is 0. The second-order valence-corrected chi connectivity index (χ2v) is 8.24. The first-order chi connectivity index (χ1) is 14.5. The van der Waals surface area contributed by atoms with Crippen molar-refractivity contribution in [3.05, 3.63) is 104 Å². The normalized spacial score (nSPS) is 14.9. The van der Waals surface area contributed by atoms with E-state index in [1.807, 2.05) is 60.7 Å². The molecule has 0 unspecified atom stereocenters. The molecule has 1 amide bonds. The summed E-state index contributed by atoms with van der Waals surface area (Å²) < 4.78 is 6.10. The third-order valence-corrected chi connectivity index (χ3v) is 6.15. The summed E-state index contributed by atoms with van der Waals surface area (Å²) in [6.45, 7) is 0. The van der Waals surface area contributed by atoms with Crippen LogP contribution in [-0.4, -0.2) is 13.0 Å². The number of hydrogen-bond acceptors (Lipinski definition) is 2. The molecule has 0 bridgehead atoms. The van der Waals surface area contributed by atoms with Gasteiger partial charge in [0.25, 0.3) is 5.91 Å². The molecule has 1 aliphatic heterocycles. The molecule has 0 atom stereocenters. The minimum Gasteiger partial charge on any atom is -0.496 e. The monoisotopic (exact) mass is 499 g/mol. The molecule has 0 radical (unpaired) electrons. The third kappa shape index (κ3) is 3.91. The van der Waals surface area contributed by atoms with E-state index in [4.69, 9.17) is 27.9 Å². The van der Waals surface area contributed by atoms with E-state index in [1.54, 1.807) is 30.2 Å². The number of carbonyl (C=O) groups excluding carboxylic acids is 1. The Morgan fingerprint density at radius 3 is 2.47 bits per heavy atom. The summed E-state index contributed by atoms with van der Waals surface area (Å²) in [5, 5.41) is 0.730. The predicted molar refractivity (Wildman–Crippen MR) is 127 cm³/mol. The van der Waals surface area contributed by atoms with Crippen LogP contribution in [0.2, 0.25) is 10.0 Å². The third-order valence-electron chi connectivity index (χ3n) is 4.72. The molecule has 0 aromatic heterocycles. The molecule has 30 heavy (non-hydrogen) atoms. The Kier molecular flexibility index (Phi) is 6.00. The molecule has 0 saturated carbocycles. The maximum absolute atomic E-state index is 13.4. The first-order valence-electron chi connectivity index (χ1n) is 9.10. The van der Waals surface area contributed by atoms with Crippen LogP contribution in [-0.2, 0) is 4.79 Å². The van der Waals surface area contributed by atoms with Gasteiger partial charge in [-0.1, -0.05) is 65.7 Å². The lowest BCUT2D eigenvalue weighted by Gasteiger charge is -2.22. The van der Waals surface area contributed by atoms with E-state index < -0.39 is 0 Å². The first-order valence-corrected chi connectivity index (χ1v) is 10.7. The van der Waals surface area contributed by atoms with Gasteiger partial charge in [0.1, 0.15) is 5.75 Å². The van der Waals surface area contributed by atoms with E-state index in [0.29, 0.717) is 21.3 Å². The van der Waals surface area contributed by atoms with Gasteiger partial charge in [0.15, 0.2) is 0 Å². The summed E-state index contributed by atoms with van der Waals surface area (Å²) in [6.07, 6.45) is 3.71. The van der Waals surface area contributed by atoms with Gasteiger partial charge in [0, 0.05) is 5.57 Å². The maximum atomic E-state index is 13.4. The number of anilines is 1. The number of rotatable bonds is 4. The molecular weight excluding hydrogens is 485 g/mol. The maximum Gasteiger partial charge on any atom is 0.262 e. The van der Waals surface area contributed by atoms with Crippen LogP contribution >= 0.6 is 39.1 Å². The number of nitrogens with zero attached hydrogens (tertiary/aromatic N) is 1. The van der Waals surface area contributed by atoms with Crippen molar-refractivity contribution in [2.75, 3.05) is 12.0 Å². The highest BCUT2D eigenvalue weighted by molar-refractivity contribution is 9.10. The van der Waals surface area contributed by atoms with Crippen LogP contribution in [0, 0.1) is 0 Å². The van der Waals surface area contributed by atoms with Crippen molar-refractivity contribution in [3.63, 3.8) is 0 Å². The van der Waals surface area contributed by atoms with Crippen LogP contribution < -0.4 is 9.64 Å². The van der Waals surface area contributed by atoms with Crippen molar-refractivity contribution in [2.24, 2.45) is 0 Å². The number of carbonyl (C=O) groups is 1. The zero-order valence-electron chi connectivity index (χ0n) is 15.9. The molecule has 3 aromatic rings. The van der Waals surface area contributed by atoms with Crippen LogP contribution in [0.15, 0.2) is 82.9 Å². The summed E-state index contributed by atoms with van der Waals surface area (Å²) >= 11 is 16.2. The summed E-state index contributed by atoms with van der Waals surface area (Å²) in [7, 11) is 1.61. The Morgan fingerprint density at radius 1 is 1.00 bits per heavy atom. The fourth-order valence-corrected chi connectivity index (χ4v) is 4.23. The second-order valence-electron chi connectivity index (χ2n) is 6.60. The van der Waals surface area contributed by atoms with Gasteiger partial charge in [-0.15, -0.1) is 0 Å². The number of halogens is 3. The van der Waals surface area contributed by atoms with Crippen molar-refractivity contribution in [1.82, 2.24) is 0 Å². The molecule has 6 heteroatoms. The van der Waals surface area contributed by atoms with Gasteiger partial charge in [-0.3, -0.25) is 9.69 Å². The van der Waals surface area contributed by atoms with E-state index >= 15 is 0 Å². The summed E-state index contributed by atoms with van der Waals surface area (Å²) in [6, 6.07) is 20.6. The standard InChI is InChI=1S/C24H16BrCl2NO2/c1-30-22-11-10-15(13-18(22)25)12-17-14-21(16-6-3-2-4-7-16)28(24(17)29)20-9-5-8-19(26)23(20)27/h2-14H,1H3/b17-12-. The Labute approximate surface area is 193 Å². The van der Waals surface area contributed by atoms with Gasteiger partial charge in [0.2, 0.25) is 0 Å². The van der Waals surface area contributed by atoms with E-state index in [0.717, 1.165) is 27.0 Å². The van der Waals surface area contributed by atoms with Gasteiger partial charge in [-0.2, -0.15) is 0 Å². The number of benzene rings is 3. The largest absolute Gasteiger partial charge is 0.496 e. The van der Waals surface area contributed by atoms with Gasteiger partial charge in [0.05, 0.1) is 33.0 Å². The quantitative estimate of drug-likeness (QED) is 0.353. The fraction of sp³-hybridized carbons (Fsp3) is 0.0417.